The van der Waals surface area contributed by atoms with E-state index in [4.69, 9.17) is 27.9 Å². The van der Waals surface area contributed by atoms with E-state index in [0.717, 1.165) is 12.8 Å². The van der Waals surface area contributed by atoms with Crippen molar-refractivity contribution in [3.63, 3.8) is 0 Å². The van der Waals surface area contributed by atoms with Gasteiger partial charge in [0.15, 0.2) is 6.10 Å². The summed E-state index contributed by atoms with van der Waals surface area (Å²) in [5.41, 5.74) is 0. The number of nitrogens with zero attached hydrogens (tertiary/aromatic N) is 1. The van der Waals surface area contributed by atoms with Crippen LogP contribution in [0.5, 0.6) is 5.75 Å². The minimum Gasteiger partial charge on any atom is -0.481 e. The molecule has 2 saturated heterocycles. The van der Waals surface area contributed by atoms with Crippen LogP contribution in [0, 0.1) is 0 Å². The largest absolute Gasteiger partial charge is 0.481 e. The summed E-state index contributed by atoms with van der Waals surface area (Å²) in [6.07, 6.45) is 3.94. The fraction of sp³-hybridized carbons (Fsp3) is 0.588. The summed E-state index contributed by atoms with van der Waals surface area (Å²) in [6.45, 7) is 1.77. The first-order valence-corrected chi connectivity index (χ1v) is 8.84. The Balaban J connectivity index is 1.61. The number of carbonyl (C=O) groups excluding carboxylic acids is 1. The predicted molar refractivity (Wildman–Crippen MR) is 92.3 cm³/mol. The van der Waals surface area contributed by atoms with Gasteiger partial charge in [-0.05, 0) is 44.7 Å². The summed E-state index contributed by atoms with van der Waals surface area (Å²) >= 11 is 11.9. The molecule has 2 aliphatic rings. The number of nitrogens with one attached hydrogen (secondary N) is 1. The second kappa shape index (κ2) is 6.88. The second-order valence-corrected chi connectivity index (χ2v) is 7.36. The molecule has 0 aromatic heterocycles. The Morgan fingerprint density at radius 3 is 2.52 bits per heavy atom. The van der Waals surface area contributed by atoms with Crippen molar-refractivity contribution in [2.45, 2.75) is 56.8 Å². The first kappa shape index (κ1) is 16.9. The van der Waals surface area contributed by atoms with Crippen LogP contribution in [-0.4, -0.2) is 42.1 Å². The third-order valence-corrected chi connectivity index (χ3v) is 5.63. The summed E-state index contributed by atoms with van der Waals surface area (Å²) in [6, 6.07) is 6.44. The van der Waals surface area contributed by atoms with E-state index in [-0.39, 0.29) is 5.91 Å². The van der Waals surface area contributed by atoms with E-state index >= 15 is 0 Å². The maximum absolute atomic E-state index is 12.7. The molecule has 2 fully saturated rings. The molecular weight excluding hydrogens is 335 g/mol. The average molecular weight is 357 g/mol. The number of fused-ring (bicyclic) bond motifs is 2. The summed E-state index contributed by atoms with van der Waals surface area (Å²) < 4.78 is 5.74. The average Bonchev–Trinajstić information content (AvgIpc) is 2.87. The molecule has 1 N–H and O–H groups in total. The van der Waals surface area contributed by atoms with Crippen LogP contribution in [0.15, 0.2) is 18.2 Å². The van der Waals surface area contributed by atoms with Crippen molar-refractivity contribution in [3.8, 4) is 5.75 Å². The van der Waals surface area contributed by atoms with E-state index < -0.39 is 6.10 Å². The van der Waals surface area contributed by atoms with Crippen molar-refractivity contribution in [3.05, 3.63) is 28.2 Å². The van der Waals surface area contributed by atoms with Gasteiger partial charge in [-0.2, -0.15) is 0 Å². The molecule has 1 aromatic carbocycles. The molecule has 1 amide bonds. The zero-order valence-corrected chi connectivity index (χ0v) is 14.9. The molecule has 23 heavy (non-hydrogen) atoms. The van der Waals surface area contributed by atoms with E-state index in [2.05, 4.69) is 5.32 Å². The van der Waals surface area contributed by atoms with Gasteiger partial charge in [0.2, 0.25) is 0 Å². The van der Waals surface area contributed by atoms with Crippen molar-refractivity contribution in [2.24, 2.45) is 0 Å². The van der Waals surface area contributed by atoms with E-state index in [0.29, 0.717) is 33.9 Å². The lowest BCUT2D eigenvalue weighted by Crippen LogP contribution is -2.51. The molecule has 3 atom stereocenters. The smallest absolute Gasteiger partial charge is 0.263 e. The topological polar surface area (TPSA) is 41.6 Å². The number of benzene rings is 1. The summed E-state index contributed by atoms with van der Waals surface area (Å²) in [5.74, 6) is 0.557. The number of hydrogen-bond donors (Lipinski definition) is 1. The number of amides is 1. The Morgan fingerprint density at radius 1 is 1.26 bits per heavy atom. The molecule has 0 spiro atoms. The van der Waals surface area contributed by atoms with E-state index in [1.165, 1.54) is 12.8 Å². The molecule has 3 rings (SSSR count). The molecule has 2 heterocycles. The zero-order chi connectivity index (χ0) is 16.6. The molecule has 0 aliphatic carbocycles. The molecule has 3 unspecified atom stereocenters. The van der Waals surface area contributed by atoms with Gasteiger partial charge in [0.1, 0.15) is 5.75 Å². The number of ether oxygens (including phenoxy) is 1. The van der Waals surface area contributed by atoms with E-state index in [1.54, 1.807) is 25.1 Å². The number of piperidine rings is 1. The fourth-order valence-electron chi connectivity index (χ4n) is 3.61. The molecule has 4 nitrogen and oxygen atoms in total. The minimum atomic E-state index is -0.551. The van der Waals surface area contributed by atoms with Crippen molar-refractivity contribution < 1.29 is 9.53 Å². The first-order chi connectivity index (χ1) is 10.9. The van der Waals surface area contributed by atoms with Gasteiger partial charge in [0.05, 0.1) is 10.0 Å². The molecule has 126 valence electrons. The van der Waals surface area contributed by atoms with Gasteiger partial charge in [-0.15, -0.1) is 0 Å². The van der Waals surface area contributed by atoms with Crippen molar-refractivity contribution in [1.82, 2.24) is 10.2 Å². The number of hydrogen-bond acceptors (Lipinski definition) is 3. The Hall–Kier alpha value is -0.970. The highest BCUT2D eigenvalue weighted by atomic mass is 35.5. The van der Waals surface area contributed by atoms with E-state index in [9.17, 15) is 4.79 Å². The lowest BCUT2D eigenvalue weighted by molar-refractivity contribution is -0.139. The summed E-state index contributed by atoms with van der Waals surface area (Å²) in [5, 5.41) is 4.49. The van der Waals surface area contributed by atoms with Gasteiger partial charge in [-0.1, -0.05) is 23.2 Å². The Bertz CT molecular complexity index is 584. The van der Waals surface area contributed by atoms with Gasteiger partial charge < -0.3 is 15.0 Å². The third-order valence-electron chi connectivity index (χ3n) is 4.90. The Labute approximate surface area is 147 Å². The lowest BCUT2D eigenvalue weighted by Gasteiger charge is -2.36. The molecule has 2 aliphatic heterocycles. The Kier molecular flexibility index (Phi) is 5.04. The molecule has 6 heteroatoms. The van der Waals surface area contributed by atoms with Crippen LogP contribution in [0.25, 0.3) is 0 Å². The van der Waals surface area contributed by atoms with Crippen LogP contribution in [0.3, 0.4) is 0 Å². The van der Waals surface area contributed by atoms with Gasteiger partial charge in [-0.25, -0.2) is 0 Å². The highest BCUT2D eigenvalue weighted by Gasteiger charge is 2.37. The van der Waals surface area contributed by atoms with Gasteiger partial charge in [0.25, 0.3) is 5.91 Å². The monoisotopic (exact) mass is 356 g/mol. The maximum atomic E-state index is 12.7. The Morgan fingerprint density at radius 2 is 1.91 bits per heavy atom. The van der Waals surface area contributed by atoms with Crippen LogP contribution < -0.4 is 10.1 Å². The second-order valence-electron chi connectivity index (χ2n) is 6.55. The number of rotatable bonds is 4. The van der Waals surface area contributed by atoms with Crippen molar-refractivity contribution in [1.29, 1.82) is 0 Å². The molecule has 0 radical (unpaired) electrons. The van der Waals surface area contributed by atoms with Crippen molar-refractivity contribution in [2.75, 3.05) is 7.05 Å². The highest BCUT2D eigenvalue weighted by Crippen LogP contribution is 2.30. The third kappa shape index (κ3) is 3.76. The molecule has 0 saturated carbocycles. The quantitative estimate of drug-likeness (QED) is 0.897. The fourth-order valence-corrected chi connectivity index (χ4v) is 3.90. The zero-order valence-electron chi connectivity index (χ0n) is 13.4. The minimum absolute atomic E-state index is 0.00220. The molecule has 1 aromatic rings. The summed E-state index contributed by atoms with van der Waals surface area (Å²) in [7, 11) is 1.88. The van der Waals surface area contributed by atoms with Crippen LogP contribution in [0.1, 0.15) is 32.6 Å². The number of carbonyl (C=O) groups is 1. The van der Waals surface area contributed by atoms with Gasteiger partial charge >= 0.3 is 0 Å². The standard InChI is InChI=1S/C17H22Cl2N2O2/c1-10(23-14-5-6-15(18)16(19)9-14)17(22)21(2)13-7-11-3-4-12(8-13)20-11/h5-6,9-13,20H,3-4,7-8H2,1-2H3. The number of halogens is 2. The number of likely N-dealkylation sites (N-methyl/N-ethyl adjacent to an activating group) is 1. The van der Waals surface area contributed by atoms with Gasteiger partial charge in [0, 0.05) is 31.2 Å². The molecular formula is C17H22Cl2N2O2. The predicted octanol–water partition coefficient (Wildman–Crippen LogP) is 3.50. The normalized spacial score (nSPS) is 27.6. The summed E-state index contributed by atoms with van der Waals surface area (Å²) in [4.78, 5) is 14.5. The van der Waals surface area contributed by atoms with Crippen LogP contribution in [0.2, 0.25) is 10.0 Å². The maximum Gasteiger partial charge on any atom is 0.263 e. The SMILES string of the molecule is CC(Oc1ccc(Cl)c(Cl)c1)C(=O)N(C)C1CC2CCC(C1)N2. The van der Waals surface area contributed by atoms with Crippen LogP contribution in [-0.2, 0) is 4.79 Å². The van der Waals surface area contributed by atoms with Crippen molar-refractivity contribution >= 4 is 29.1 Å². The van der Waals surface area contributed by atoms with Crippen LogP contribution >= 0.6 is 23.2 Å². The highest BCUT2D eigenvalue weighted by molar-refractivity contribution is 6.42. The lowest BCUT2D eigenvalue weighted by atomic mass is 9.98. The van der Waals surface area contributed by atoms with Gasteiger partial charge in [-0.3, -0.25) is 4.79 Å². The molecule has 2 bridgehead atoms. The van der Waals surface area contributed by atoms with E-state index in [1.807, 2.05) is 11.9 Å². The van der Waals surface area contributed by atoms with Crippen LogP contribution in [0.4, 0.5) is 0 Å². The first-order valence-electron chi connectivity index (χ1n) is 8.08.